The number of carboxylic acids is 1. The molecule has 2 rings (SSSR count). The predicted molar refractivity (Wildman–Crippen MR) is 61.2 cm³/mol. The molecule has 0 unspecified atom stereocenters. The van der Waals surface area contributed by atoms with Gasteiger partial charge < -0.3 is 10.1 Å². The molecule has 6 heteroatoms. The summed E-state index contributed by atoms with van der Waals surface area (Å²) in [5.74, 6) is -0.995. The predicted octanol–water partition coefficient (Wildman–Crippen LogP) is 1.64. The number of carbonyl (C=O) groups is 1. The van der Waals surface area contributed by atoms with Gasteiger partial charge in [-0.3, -0.25) is 4.79 Å². The zero-order chi connectivity index (χ0) is 11.7. The highest BCUT2D eigenvalue weighted by atomic mass is 32.1. The molecule has 0 aliphatic heterocycles. The molecular formula is C10H10N2O3S. The van der Waals surface area contributed by atoms with Gasteiger partial charge in [-0.15, -0.1) is 11.3 Å². The van der Waals surface area contributed by atoms with Crippen LogP contribution in [0.3, 0.4) is 0 Å². The topological polar surface area (TPSA) is 83.0 Å². The van der Waals surface area contributed by atoms with E-state index in [9.17, 15) is 9.59 Å². The van der Waals surface area contributed by atoms with E-state index < -0.39 is 5.97 Å². The van der Waals surface area contributed by atoms with Gasteiger partial charge in [-0.1, -0.05) is 13.3 Å². The highest BCUT2D eigenvalue weighted by Crippen LogP contribution is 2.28. The maximum atomic E-state index is 11.6. The van der Waals surface area contributed by atoms with Gasteiger partial charge in [-0.2, -0.15) is 0 Å². The number of carboxylic acid groups (broad SMARTS) is 1. The number of aromatic nitrogens is 2. The van der Waals surface area contributed by atoms with Crippen LogP contribution in [-0.4, -0.2) is 21.0 Å². The molecule has 0 radical (unpaired) electrons. The highest BCUT2D eigenvalue weighted by molar-refractivity contribution is 7.20. The fraction of sp³-hybridized carbons (Fsp3) is 0.300. The van der Waals surface area contributed by atoms with Gasteiger partial charge in [0.15, 0.2) is 0 Å². The third-order valence-corrected chi connectivity index (χ3v) is 3.42. The number of nitrogens with one attached hydrogen (secondary N) is 1. The Bertz CT molecular complexity index is 600. The van der Waals surface area contributed by atoms with Gasteiger partial charge in [0, 0.05) is 0 Å². The second kappa shape index (κ2) is 4.05. The van der Waals surface area contributed by atoms with Gasteiger partial charge in [-0.25, -0.2) is 9.78 Å². The number of thiophene rings is 1. The van der Waals surface area contributed by atoms with Crippen LogP contribution in [0.4, 0.5) is 0 Å². The van der Waals surface area contributed by atoms with Crippen molar-refractivity contribution < 1.29 is 9.90 Å². The van der Waals surface area contributed by atoms with Gasteiger partial charge in [0.1, 0.15) is 9.71 Å². The molecule has 0 saturated heterocycles. The minimum absolute atomic E-state index is 0.223. The molecule has 2 aromatic heterocycles. The number of aryl methyl sites for hydroxylation is 1. The van der Waals surface area contributed by atoms with E-state index in [-0.39, 0.29) is 10.4 Å². The molecule has 0 fully saturated rings. The molecule has 2 aromatic rings. The Kier molecular flexibility index (Phi) is 2.74. The van der Waals surface area contributed by atoms with E-state index in [0.29, 0.717) is 22.2 Å². The number of fused-ring (bicyclic) bond motifs is 1. The maximum absolute atomic E-state index is 11.6. The fourth-order valence-corrected chi connectivity index (χ4v) is 2.69. The summed E-state index contributed by atoms with van der Waals surface area (Å²) in [6.07, 6.45) is 2.67. The first kappa shape index (κ1) is 10.8. The van der Waals surface area contributed by atoms with Crippen LogP contribution >= 0.6 is 11.3 Å². The van der Waals surface area contributed by atoms with E-state index in [1.807, 2.05) is 6.92 Å². The molecular weight excluding hydrogens is 228 g/mol. The number of aromatic carboxylic acids is 1. The van der Waals surface area contributed by atoms with Gasteiger partial charge in [0.25, 0.3) is 5.56 Å². The van der Waals surface area contributed by atoms with Crippen molar-refractivity contribution in [2.75, 3.05) is 0 Å². The summed E-state index contributed by atoms with van der Waals surface area (Å²) in [6.45, 7) is 1.94. The molecule has 0 spiro atoms. The van der Waals surface area contributed by atoms with Gasteiger partial charge in [-0.05, 0) is 12.0 Å². The van der Waals surface area contributed by atoms with E-state index in [1.54, 1.807) is 0 Å². The Balaban J connectivity index is 2.82. The fourth-order valence-electron chi connectivity index (χ4n) is 1.66. The molecule has 16 heavy (non-hydrogen) atoms. The van der Waals surface area contributed by atoms with Crippen molar-refractivity contribution in [2.45, 2.75) is 19.8 Å². The van der Waals surface area contributed by atoms with Crippen molar-refractivity contribution in [3.05, 3.63) is 27.1 Å². The molecule has 2 N–H and O–H groups in total. The molecule has 5 nitrogen and oxygen atoms in total. The van der Waals surface area contributed by atoms with Crippen molar-refractivity contribution in [2.24, 2.45) is 0 Å². The van der Waals surface area contributed by atoms with Crippen LogP contribution < -0.4 is 5.56 Å². The standard InChI is InChI=1S/C10H10N2O3S/c1-2-3-5-6-8(13)11-4-12-9(6)16-7(5)10(14)15/h4H,2-3H2,1H3,(H,14,15)(H,11,12,13). The molecule has 0 aromatic carbocycles. The van der Waals surface area contributed by atoms with E-state index in [0.717, 1.165) is 17.8 Å². The minimum Gasteiger partial charge on any atom is -0.477 e. The van der Waals surface area contributed by atoms with E-state index >= 15 is 0 Å². The average Bonchev–Trinajstić information content (AvgIpc) is 2.59. The zero-order valence-electron chi connectivity index (χ0n) is 8.61. The lowest BCUT2D eigenvalue weighted by atomic mass is 10.1. The Morgan fingerprint density at radius 2 is 2.38 bits per heavy atom. The normalized spacial score (nSPS) is 10.8. The Morgan fingerprint density at radius 3 is 3.00 bits per heavy atom. The molecule has 0 atom stereocenters. The lowest BCUT2D eigenvalue weighted by Crippen LogP contribution is -2.07. The second-order valence-corrected chi connectivity index (χ2v) is 4.38. The number of rotatable bonds is 3. The Hall–Kier alpha value is -1.69. The largest absolute Gasteiger partial charge is 0.477 e. The molecule has 0 aliphatic carbocycles. The van der Waals surface area contributed by atoms with Crippen molar-refractivity contribution in [1.29, 1.82) is 0 Å². The summed E-state index contributed by atoms with van der Waals surface area (Å²) < 4.78 is 0. The number of aromatic amines is 1. The number of nitrogens with zero attached hydrogens (tertiary/aromatic N) is 1. The summed E-state index contributed by atoms with van der Waals surface area (Å²) in [4.78, 5) is 29.8. The van der Waals surface area contributed by atoms with Crippen LogP contribution in [0.2, 0.25) is 0 Å². The van der Waals surface area contributed by atoms with Crippen LogP contribution in [0.5, 0.6) is 0 Å². The van der Waals surface area contributed by atoms with Gasteiger partial charge in [0.05, 0.1) is 11.7 Å². The molecule has 0 bridgehead atoms. The highest BCUT2D eigenvalue weighted by Gasteiger charge is 2.19. The first-order valence-electron chi connectivity index (χ1n) is 4.87. The van der Waals surface area contributed by atoms with Gasteiger partial charge >= 0.3 is 5.97 Å². The van der Waals surface area contributed by atoms with Crippen molar-refractivity contribution in [3.63, 3.8) is 0 Å². The van der Waals surface area contributed by atoms with Crippen LogP contribution in [-0.2, 0) is 6.42 Å². The third kappa shape index (κ3) is 1.61. The Labute approximate surface area is 94.8 Å². The first-order chi connectivity index (χ1) is 7.65. The molecule has 0 aliphatic rings. The Morgan fingerprint density at radius 1 is 1.62 bits per heavy atom. The second-order valence-electron chi connectivity index (χ2n) is 3.38. The van der Waals surface area contributed by atoms with Crippen LogP contribution in [0.25, 0.3) is 10.2 Å². The van der Waals surface area contributed by atoms with E-state index in [1.165, 1.54) is 6.33 Å². The lowest BCUT2D eigenvalue weighted by Gasteiger charge is -1.97. The third-order valence-electron chi connectivity index (χ3n) is 2.29. The minimum atomic E-state index is -0.995. The average molecular weight is 238 g/mol. The number of hydrogen-bond donors (Lipinski definition) is 2. The summed E-state index contributed by atoms with van der Waals surface area (Å²) in [6, 6.07) is 0. The van der Waals surface area contributed by atoms with Crippen molar-refractivity contribution >= 4 is 27.5 Å². The lowest BCUT2D eigenvalue weighted by molar-refractivity contribution is 0.0701. The van der Waals surface area contributed by atoms with Gasteiger partial charge in [0.2, 0.25) is 0 Å². The first-order valence-corrected chi connectivity index (χ1v) is 5.69. The van der Waals surface area contributed by atoms with E-state index in [4.69, 9.17) is 5.11 Å². The monoisotopic (exact) mass is 238 g/mol. The van der Waals surface area contributed by atoms with E-state index in [2.05, 4.69) is 9.97 Å². The number of H-pyrrole nitrogens is 1. The quantitative estimate of drug-likeness (QED) is 0.851. The summed E-state index contributed by atoms with van der Waals surface area (Å²) in [7, 11) is 0. The van der Waals surface area contributed by atoms with Crippen LogP contribution in [0.1, 0.15) is 28.6 Å². The smallest absolute Gasteiger partial charge is 0.346 e. The SMILES string of the molecule is CCCc1c(C(=O)O)sc2nc[nH]c(=O)c12. The molecule has 2 heterocycles. The van der Waals surface area contributed by atoms with Crippen molar-refractivity contribution in [1.82, 2.24) is 9.97 Å². The van der Waals surface area contributed by atoms with Crippen LogP contribution in [0.15, 0.2) is 11.1 Å². The summed E-state index contributed by atoms with van der Waals surface area (Å²) >= 11 is 1.06. The molecule has 0 amide bonds. The van der Waals surface area contributed by atoms with Crippen LogP contribution in [0, 0.1) is 0 Å². The van der Waals surface area contributed by atoms with Crippen molar-refractivity contribution in [3.8, 4) is 0 Å². The number of hydrogen-bond acceptors (Lipinski definition) is 4. The molecule has 84 valence electrons. The zero-order valence-corrected chi connectivity index (χ0v) is 9.43. The summed E-state index contributed by atoms with van der Waals surface area (Å²) in [5.41, 5.74) is 0.335. The summed E-state index contributed by atoms with van der Waals surface area (Å²) in [5, 5.41) is 9.48. The maximum Gasteiger partial charge on any atom is 0.346 e. The molecule has 0 saturated carbocycles.